The van der Waals surface area contributed by atoms with Crippen molar-refractivity contribution in [2.45, 2.75) is 75.7 Å². The van der Waals surface area contributed by atoms with Crippen LogP contribution >= 0.6 is 0 Å². The summed E-state index contributed by atoms with van der Waals surface area (Å²) in [6.07, 6.45) is -3.85. The van der Waals surface area contributed by atoms with Gasteiger partial charge >= 0.3 is 0 Å². The standard InChI is InChI=1S/C16H26O7/c1-7(2)16-10(4-8(3)5-11(16)23-16)22-15-14(20)13(19)12(18)9(6-17)21-15/h4,7,9-15,17-20H,5-6H2,1-3H3/t9-,10-,11+,12-,13+,14-,15+,16-/m1/s1. The largest absolute Gasteiger partial charge is 0.394 e. The molecule has 0 amide bonds. The summed E-state index contributed by atoms with van der Waals surface area (Å²) in [7, 11) is 0. The molecule has 132 valence electrons. The lowest BCUT2D eigenvalue weighted by Crippen LogP contribution is -2.60. The normalized spacial score (nSPS) is 49.7. The molecule has 23 heavy (non-hydrogen) atoms. The predicted molar refractivity (Wildman–Crippen MR) is 79.5 cm³/mol. The van der Waals surface area contributed by atoms with Gasteiger partial charge in [-0.1, -0.05) is 25.5 Å². The fraction of sp³-hybridized carbons (Fsp3) is 0.875. The van der Waals surface area contributed by atoms with Gasteiger partial charge in [-0.2, -0.15) is 0 Å². The van der Waals surface area contributed by atoms with Gasteiger partial charge in [0.1, 0.15) is 36.1 Å². The Hall–Kier alpha value is -0.540. The SMILES string of the molecule is CC1=C[C@@H](O[C@@H]2O[C@H](CO)[C@@H](O)[C@H](O)[C@H]2O)[C@@]2(C(C)C)O[C@H]2C1. The first kappa shape index (κ1) is 17.3. The van der Waals surface area contributed by atoms with Crippen molar-refractivity contribution in [3.05, 3.63) is 11.6 Å². The van der Waals surface area contributed by atoms with Gasteiger partial charge in [0.05, 0.1) is 12.7 Å². The minimum absolute atomic E-state index is 0.0855. The molecule has 2 heterocycles. The molecule has 3 aliphatic rings. The van der Waals surface area contributed by atoms with E-state index in [1.807, 2.05) is 13.0 Å². The number of rotatable bonds is 4. The van der Waals surface area contributed by atoms with Gasteiger partial charge < -0.3 is 34.6 Å². The molecule has 4 N–H and O–H groups in total. The Balaban J connectivity index is 1.78. The summed E-state index contributed by atoms with van der Waals surface area (Å²) in [5.74, 6) is 0.215. The van der Waals surface area contributed by atoms with Gasteiger partial charge in [0.25, 0.3) is 0 Å². The fourth-order valence-electron chi connectivity index (χ4n) is 3.72. The zero-order valence-electron chi connectivity index (χ0n) is 13.6. The zero-order valence-corrected chi connectivity index (χ0v) is 13.6. The predicted octanol–water partition coefficient (Wildman–Crippen LogP) is -0.685. The van der Waals surface area contributed by atoms with Crippen LogP contribution in [0.2, 0.25) is 0 Å². The molecule has 0 bridgehead atoms. The summed E-state index contributed by atoms with van der Waals surface area (Å²) < 4.78 is 17.3. The van der Waals surface area contributed by atoms with Crippen molar-refractivity contribution in [2.75, 3.05) is 6.61 Å². The molecule has 2 fully saturated rings. The summed E-state index contributed by atoms with van der Waals surface area (Å²) >= 11 is 0. The number of ether oxygens (including phenoxy) is 3. The van der Waals surface area contributed by atoms with E-state index in [0.29, 0.717) is 0 Å². The highest BCUT2D eigenvalue weighted by atomic mass is 16.7. The van der Waals surface area contributed by atoms with Crippen molar-refractivity contribution >= 4 is 0 Å². The summed E-state index contributed by atoms with van der Waals surface area (Å²) in [4.78, 5) is 0. The van der Waals surface area contributed by atoms with Gasteiger partial charge in [0, 0.05) is 0 Å². The van der Waals surface area contributed by atoms with E-state index in [4.69, 9.17) is 14.2 Å². The molecule has 7 nitrogen and oxygen atoms in total. The van der Waals surface area contributed by atoms with Crippen molar-refractivity contribution < 1.29 is 34.6 Å². The lowest BCUT2D eigenvalue weighted by atomic mass is 9.80. The molecule has 1 aliphatic carbocycles. The van der Waals surface area contributed by atoms with Gasteiger partial charge in [0.15, 0.2) is 6.29 Å². The van der Waals surface area contributed by atoms with Crippen LogP contribution in [-0.4, -0.2) is 75.5 Å². The molecule has 0 spiro atoms. The van der Waals surface area contributed by atoms with Crippen LogP contribution in [0.1, 0.15) is 27.2 Å². The molecule has 7 heteroatoms. The van der Waals surface area contributed by atoms with E-state index in [2.05, 4.69) is 13.8 Å². The average Bonchev–Trinajstić information content (AvgIpc) is 3.23. The highest BCUT2D eigenvalue weighted by Crippen LogP contribution is 2.53. The van der Waals surface area contributed by atoms with Crippen LogP contribution in [-0.2, 0) is 14.2 Å². The molecular weight excluding hydrogens is 304 g/mol. The molecule has 0 radical (unpaired) electrons. The fourth-order valence-corrected chi connectivity index (χ4v) is 3.72. The molecule has 3 rings (SSSR count). The smallest absolute Gasteiger partial charge is 0.187 e. The van der Waals surface area contributed by atoms with E-state index in [1.54, 1.807) is 0 Å². The molecule has 2 aliphatic heterocycles. The van der Waals surface area contributed by atoms with E-state index in [-0.39, 0.29) is 12.0 Å². The van der Waals surface area contributed by atoms with Crippen molar-refractivity contribution in [1.29, 1.82) is 0 Å². The number of hydrogen-bond donors (Lipinski definition) is 4. The quantitative estimate of drug-likeness (QED) is 0.399. The third-order valence-corrected chi connectivity index (χ3v) is 5.21. The minimum Gasteiger partial charge on any atom is -0.394 e. The Morgan fingerprint density at radius 2 is 1.96 bits per heavy atom. The maximum atomic E-state index is 10.1. The van der Waals surface area contributed by atoms with Gasteiger partial charge in [-0.05, 0) is 19.3 Å². The van der Waals surface area contributed by atoms with E-state index in [9.17, 15) is 20.4 Å². The van der Waals surface area contributed by atoms with Crippen LogP contribution in [0, 0.1) is 5.92 Å². The first-order chi connectivity index (χ1) is 10.8. The molecule has 8 atom stereocenters. The first-order valence-corrected chi connectivity index (χ1v) is 8.12. The van der Waals surface area contributed by atoms with Gasteiger partial charge in [0.2, 0.25) is 0 Å². The van der Waals surface area contributed by atoms with Crippen LogP contribution in [0.4, 0.5) is 0 Å². The maximum absolute atomic E-state index is 10.1. The Bertz CT molecular complexity index is 477. The van der Waals surface area contributed by atoms with Crippen LogP contribution in [0.3, 0.4) is 0 Å². The molecule has 0 unspecified atom stereocenters. The third-order valence-electron chi connectivity index (χ3n) is 5.21. The zero-order chi connectivity index (χ0) is 16.9. The number of aliphatic hydroxyl groups excluding tert-OH is 4. The first-order valence-electron chi connectivity index (χ1n) is 8.12. The second-order valence-corrected chi connectivity index (χ2v) is 7.09. The average molecular weight is 330 g/mol. The summed E-state index contributed by atoms with van der Waals surface area (Å²) in [5, 5.41) is 39.1. The van der Waals surface area contributed by atoms with Crippen molar-refractivity contribution in [3.8, 4) is 0 Å². The van der Waals surface area contributed by atoms with Crippen LogP contribution in [0.15, 0.2) is 11.6 Å². The van der Waals surface area contributed by atoms with Gasteiger partial charge in [-0.25, -0.2) is 0 Å². The van der Waals surface area contributed by atoms with Crippen molar-refractivity contribution in [2.24, 2.45) is 5.92 Å². The lowest BCUT2D eigenvalue weighted by Gasteiger charge is -2.42. The Labute approximate surface area is 135 Å². The van der Waals surface area contributed by atoms with Crippen LogP contribution in [0.5, 0.6) is 0 Å². The van der Waals surface area contributed by atoms with E-state index < -0.39 is 49.0 Å². The molecular formula is C16H26O7. The number of fused-ring (bicyclic) bond motifs is 1. The topological polar surface area (TPSA) is 112 Å². The van der Waals surface area contributed by atoms with E-state index in [0.717, 1.165) is 12.0 Å². The maximum Gasteiger partial charge on any atom is 0.187 e. The van der Waals surface area contributed by atoms with E-state index in [1.165, 1.54) is 0 Å². The van der Waals surface area contributed by atoms with Crippen molar-refractivity contribution in [3.63, 3.8) is 0 Å². The summed E-state index contributed by atoms with van der Waals surface area (Å²) in [5.41, 5.74) is 0.691. The second-order valence-electron chi connectivity index (χ2n) is 7.09. The van der Waals surface area contributed by atoms with Crippen molar-refractivity contribution in [1.82, 2.24) is 0 Å². The van der Waals surface area contributed by atoms with Crippen LogP contribution in [0.25, 0.3) is 0 Å². The van der Waals surface area contributed by atoms with Gasteiger partial charge in [-0.15, -0.1) is 0 Å². The lowest BCUT2D eigenvalue weighted by molar-refractivity contribution is -0.312. The van der Waals surface area contributed by atoms with Crippen LogP contribution < -0.4 is 0 Å². The number of aliphatic hydroxyl groups is 4. The number of epoxide rings is 1. The molecule has 0 aromatic carbocycles. The Morgan fingerprint density at radius 1 is 1.26 bits per heavy atom. The summed E-state index contributed by atoms with van der Waals surface area (Å²) in [6, 6.07) is 0. The number of hydrogen-bond acceptors (Lipinski definition) is 7. The molecule has 0 aromatic rings. The Kier molecular flexibility index (Phi) is 4.57. The summed E-state index contributed by atoms with van der Waals surface area (Å²) in [6.45, 7) is 5.63. The highest BCUT2D eigenvalue weighted by molar-refractivity contribution is 5.26. The van der Waals surface area contributed by atoms with Gasteiger partial charge in [-0.3, -0.25) is 0 Å². The second kappa shape index (κ2) is 6.07. The molecule has 2 saturated heterocycles. The van der Waals surface area contributed by atoms with E-state index >= 15 is 0 Å². The highest BCUT2D eigenvalue weighted by Gasteiger charge is 2.65. The Morgan fingerprint density at radius 3 is 2.57 bits per heavy atom. The molecule has 0 aromatic heterocycles. The molecule has 0 saturated carbocycles. The minimum atomic E-state index is -1.44. The third kappa shape index (κ3) is 2.74. The monoisotopic (exact) mass is 330 g/mol.